The van der Waals surface area contributed by atoms with Crippen LogP contribution in [0.1, 0.15) is 6.42 Å². The van der Waals surface area contributed by atoms with Crippen LogP contribution in [0.3, 0.4) is 0 Å². The molecule has 2 aliphatic rings. The van der Waals surface area contributed by atoms with Gasteiger partial charge in [-0.1, -0.05) is 0 Å². The quantitative estimate of drug-likeness (QED) is 0.691. The van der Waals surface area contributed by atoms with Gasteiger partial charge in [0, 0.05) is 25.2 Å². The summed E-state index contributed by atoms with van der Waals surface area (Å²) in [5, 5.41) is 3.39. The van der Waals surface area contributed by atoms with E-state index in [4.69, 9.17) is 0 Å². The Morgan fingerprint density at radius 2 is 2.43 bits per heavy atom. The van der Waals surface area contributed by atoms with Crippen molar-refractivity contribution >= 4 is 5.82 Å². The Bertz CT molecular complexity index is 356. The third kappa shape index (κ3) is 1.16. The summed E-state index contributed by atoms with van der Waals surface area (Å²) < 4.78 is 12.8. The van der Waals surface area contributed by atoms with Crippen LogP contribution < -0.4 is 10.2 Å². The molecule has 1 N–H and O–H groups in total. The summed E-state index contributed by atoms with van der Waals surface area (Å²) in [4.78, 5) is 9.79. The average Bonchev–Trinajstić information content (AvgIpc) is 2.78. The zero-order valence-corrected chi connectivity index (χ0v) is 7.65. The van der Waals surface area contributed by atoms with E-state index in [0.29, 0.717) is 17.9 Å². The molecule has 2 saturated heterocycles. The largest absolute Gasteiger partial charge is 0.349 e. The molecule has 5 heteroatoms. The van der Waals surface area contributed by atoms with Crippen LogP contribution in [-0.4, -0.2) is 35.1 Å². The van der Waals surface area contributed by atoms with Gasteiger partial charge in [0.1, 0.15) is 0 Å². The zero-order chi connectivity index (χ0) is 9.54. The number of anilines is 1. The highest BCUT2D eigenvalue weighted by Crippen LogP contribution is 2.27. The number of hydrogen-bond acceptors (Lipinski definition) is 4. The van der Waals surface area contributed by atoms with Crippen molar-refractivity contribution in [1.29, 1.82) is 0 Å². The van der Waals surface area contributed by atoms with E-state index >= 15 is 0 Å². The Morgan fingerprint density at radius 1 is 1.50 bits per heavy atom. The van der Waals surface area contributed by atoms with Gasteiger partial charge in [-0.2, -0.15) is 9.37 Å². The number of nitrogens with one attached hydrogen (secondary N) is 1. The lowest BCUT2D eigenvalue weighted by Crippen LogP contribution is -2.44. The number of aromatic nitrogens is 2. The molecule has 2 unspecified atom stereocenters. The first kappa shape index (κ1) is 8.11. The molecule has 14 heavy (non-hydrogen) atoms. The standard InChI is InChI=1S/C9H11FN4/c10-8-3-11-4-9(13-8)14-5-6-1-7(14)2-12-6/h3-4,6-7,12H,1-2,5H2. The molecule has 0 aliphatic carbocycles. The number of rotatable bonds is 1. The zero-order valence-electron chi connectivity index (χ0n) is 7.65. The minimum absolute atomic E-state index is 0.469. The fraction of sp³-hybridized carbons (Fsp3) is 0.556. The van der Waals surface area contributed by atoms with Gasteiger partial charge in [-0.3, -0.25) is 4.98 Å². The van der Waals surface area contributed by atoms with Crippen molar-refractivity contribution in [3.63, 3.8) is 0 Å². The second-order valence-electron chi connectivity index (χ2n) is 3.85. The van der Waals surface area contributed by atoms with Crippen molar-refractivity contribution in [3.05, 3.63) is 18.3 Å². The Balaban J connectivity index is 1.89. The summed E-state index contributed by atoms with van der Waals surface area (Å²) in [5.74, 6) is 0.164. The van der Waals surface area contributed by atoms with Gasteiger partial charge >= 0.3 is 0 Å². The molecule has 0 spiro atoms. The Kier molecular flexibility index (Phi) is 1.67. The van der Waals surface area contributed by atoms with Crippen LogP contribution in [0.4, 0.5) is 10.2 Å². The monoisotopic (exact) mass is 194 g/mol. The van der Waals surface area contributed by atoms with Crippen molar-refractivity contribution in [2.75, 3.05) is 18.0 Å². The third-order valence-corrected chi connectivity index (χ3v) is 2.94. The summed E-state index contributed by atoms with van der Waals surface area (Å²) in [6.07, 6.45) is 3.90. The van der Waals surface area contributed by atoms with Gasteiger partial charge in [-0.15, -0.1) is 0 Å². The molecule has 2 fully saturated rings. The molecule has 0 aromatic carbocycles. The molecule has 2 bridgehead atoms. The van der Waals surface area contributed by atoms with Crippen molar-refractivity contribution < 1.29 is 4.39 Å². The summed E-state index contributed by atoms with van der Waals surface area (Å²) in [7, 11) is 0. The predicted octanol–water partition coefficient (Wildman–Crippen LogP) is 0.166. The van der Waals surface area contributed by atoms with Crippen LogP contribution in [0.25, 0.3) is 0 Å². The third-order valence-electron chi connectivity index (χ3n) is 2.94. The van der Waals surface area contributed by atoms with Gasteiger partial charge in [-0.25, -0.2) is 0 Å². The van der Waals surface area contributed by atoms with Gasteiger partial charge in [0.2, 0.25) is 5.95 Å². The number of hydrogen-bond donors (Lipinski definition) is 1. The molecular weight excluding hydrogens is 183 g/mol. The number of nitrogens with zero attached hydrogens (tertiary/aromatic N) is 3. The van der Waals surface area contributed by atoms with E-state index in [-0.39, 0.29) is 0 Å². The molecule has 74 valence electrons. The topological polar surface area (TPSA) is 41.1 Å². The van der Waals surface area contributed by atoms with Crippen LogP contribution >= 0.6 is 0 Å². The number of halogens is 1. The number of piperazine rings is 1. The SMILES string of the molecule is Fc1cncc(N2CC3CC2CN3)n1. The van der Waals surface area contributed by atoms with Gasteiger partial charge in [0.25, 0.3) is 0 Å². The first-order valence-electron chi connectivity index (χ1n) is 4.80. The molecule has 3 heterocycles. The van der Waals surface area contributed by atoms with Crippen molar-refractivity contribution in [1.82, 2.24) is 15.3 Å². The van der Waals surface area contributed by atoms with Crippen LogP contribution in [-0.2, 0) is 0 Å². The Labute approximate surface area is 81.2 Å². The molecule has 3 rings (SSSR count). The number of fused-ring (bicyclic) bond motifs is 2. The normalized spacial score (nSPS) is 29.9. The van der Waals surface area contributed by atoms with E-state index in [1.807, 2.05) is 0 Å². The maximum Gasteiger partial charge on any atom is 0.233 e. The van der Waals surface area contributed by atoms with E-state index in [1.165, 1.54) is 0 Å². The summed E-state index contributed by atoms with van der Waals surface area (Å²) in [6.45, 7) is 1.89. The highest BCUT2D eigenvalue weighted by Gasteiger charge is 2.38. The molecule has 0 saturated carbocycles. The van der Waals surface area contributed by atoms with Gasteiger partial charge in [0.15, 0.2) is 5.82 Å². The molecule has 4 nitrogen and oxygen atoms in total. The molecule has 1 aromatic heterocycles. The van der Waals surface area contributed by atoms with Crippen LogP contribution in [0, 0.1) is 5.95 Å². The van der Waals surface area contributed by atoms with Gasteiger partial charge in [-0.05, 0) is 6.42 Å². The van der Waals surface area contributed by atoms with E-state index in [0.717, 1.165) is 25.7 Å². The van der Waals surface area contributed by atoms with E-state index in [1.54, 1.807) is 6.20 Å². The van der Waals surface area contributed by atoms with Crippen molar-refractivity contribution in [3.8, 4) is 0 Å². The summed E-state index contributed by atoms with van der Waals surface area (Å²) in [5.41, 5.74) is 0. The van der Waals surface area contributed by atoms with Gasteiger partial charge < -0.3 is 10.2 Å². The molecule has 0 radical (unpaired) electrons. The van der Waals surface area contributed by atoms with Crippen LogP contribution in [0.5, 0.6) is 0 Å². The Hall–Kier alpha value is -1.23. The van der Waals surface area contributed by atoms with E-state index < -0.39 is 5.95 Å². The first-order chi connectivity index (χ1) is 6.83. The van der Waals surface area contributed by atoms with E-state index in [9.17, 15) is 4.39 Å². The average molecular weight is 194 g/mol. The lowest BCUT2D eigenvalue weighted by Gasteiger charge is -2.27. The minimum atomic E-state index is -0.502. The highest BCUT2D eigenvalue weighted by atomic mass is 19.1. The first-order valence-corrected chi connectivity index (χ1v) is 4.80. The van der Waals surface area contributed by atoms with Crippen molar-refractivity contribution in [2.24, 2.45) is 0 Å². The lowest BCUT2D eigenvalue weighted by atomic mass is 10.2. The Morgan fingerprint density at radius 3 is 3.07 bits per heavy atom. The van der Waals surface area contributed by atoms with Crippen molar-refractivity contribution in [2.45, 2.75) is 18.5 Å². The summed E-state index contributed by atoms with van der Waals surface area (Å²) in [6, 6.07) is 1.01. The fourth-order valence-electron chi connectivity index (χ4n) is 2.31. The predicted molar refractivity (Wildman–Crippen MR) is 49.5 cm³/mol. The fourth-order valence-corrected chi connectivity index (χ4v) is 2.31. The molecule has 2 atom stereocenters. The lowest BCUT2D eigenvalue weighted by molar-refractivity contribution is 0.551. The van der Waals surface area contributed by atoms with Crippen LogP contribution in [0.2, 0.25) is 0 Å². The second kappa shape index (κ2) is 2.88. The minimum Gasteiger partial charge on any atom is -0.349 e. The second-order valence-corrected chi connectivity index (χ2v) is 3.85. The molecule has 1 aromatic rings. The molecular formula is C9H11FN4. The maximum absolute atomic E-state index is 12.8. The smallest absolute Gasteiger partial charge is 0.233 e. The maximum atomic E-state index is 12.8. The summed E-state index contributed by atoms with van der Waals surface area (Å²) >= 11 is 0. The van der Waals surface area contributed by atoms with E-state index in [2.05, 4.69) is 20.2 Å². The molecule has 0 amide bonds. The van der Waals surface area contributed by atoms with Gasteiger partial charge in [0.05, 0.1) is 12.4 Å². The highest BCUT2D eigenvalue weighted by molar-refractivity contribution is 5.41. The molecule has 2 aliphatic heterocycles. The van der Waals surface area contributed by atoms with Crippen LogP contribution in [0.15, 0.2) is 12.4 Å².